The molecule has 2 aromatic rings. The molecule has 39 heavy (non-hydrogen) atoms. The molecule has 0 N–H and O–H groups in total. The number of para-hydroxylation sites is 1. The Balaban J connectivity index is 1.61. The summed E-state index contributed by atoms with van der Waals surface area (Å²) in [4.78, 5) is 32.4. The summed E-state index contributed by atoms with van der Waals surface area (Å²) in [7, 11) is -2.17. The van der Waals surface area contributed by atoms with E-state index in [1.54, 1.807) is 34.1 Å². The summed E-state index contributed by atoms with van der Waals surface area (Å²) in [6, 6.07) is 16.8. The molecule has 0 radical (unpaired) electrons. The molecule has 2 aromatic carbocycles. The molecule has 0 aliphatic carbocycles. The number of hydrogen-bond donors (Lipinski definition) is 0. The molecular weight excluding hydrogens is 518 g/mol. The highest BCUT2D eigenvalue weighted by atomic mass is 32.2. The highest BCUT2D eigenvalue weighted by Crippen LogP contribution is 2.25. The van der Waals surface area contributed by atoms with Crippen molar-refractivity contribution >= 4 is 27.3 Å². The summed E-state index contributed by atoms with van der Waals surface area (Å²) in [5.74, 6) is -1.32. The Morgan fingerprint density at radius 3 is 2.38 bits per heavy atom. The molecule has 1 fully saturated rings. The summed E-state index contributed by atoms with van der Waals surface area (Å²) in [6.07, 6.45) is 2.58. The van der Waals surface area contributed by atoms with Crippen LogP contribution in [-0.4, -0.2) is 94.9 Å². The van der Waals surface area contributed by atoms with Crippen molar-refractivity contribution in [3.05, 3.63) is 65.7 Å². The molecular formula is C29H39N3O6S. The Morgan fingerprint density at radius 1 is 0.923 bits per heavy atom. The van der Waals surface area contributed by atoms with Gasteiger partial charge in [-0.05, 0) is 36.5 Å². The molecule has 212 valence electrons. The lowest BCUT2D eigenvalue weighted by atomic mass is 10.1. The molecule has 2 amide bonds. The van der Waals surface area contributed by atoms with Crippen LogP contribution < -0.4 is 4.90 Å². The van der Waals surface area contributed by atoms with Gasteiger partial charge in [0.1, 0.15) is 12.4 Å². The van der Waals surface area contributed by atoms with Gasteiger partial charge in [-0.15, -0.1) is 0 Å². The zero-order chi connectivity index (χ0) is 27.7. The third-order valence-corrected chi connectivity index (χ3v) is 8.79. The number of carbonyl (C=O) groups excluding carboxylic acids is 2. The molecule has 2 heterocycles. The van der Waals surface area contributed by atoms with E-state index in [2.05, 4.69) is 4.90 Å². The molecule has 2 aliphatic rings. The van der Waals surface area contributed by atoms with Crippen LogP contribution in [0.25, 0.3) is 0 Å². The number of sulfone groups is 1. The fourth-order valence-electron chi connectivity index (χ4n) is 5.35. The van der Waals surface area contributed by atoms with E-state index in [-0.39, 0.29) is 24.8 Å². The van der Waals surface area contributed by atoms with Crippen molar-refractivity contribution in [1.82, 2.24) is 9.80 Å². The second kappa shape index (κ2) is 14.0. The van der Waals surface area contributed by atoms with Crippen LogP contribution in [0.15, 0.2) is 54.6 Å². The summed E-state index contributed by atoms with van der Waals surface area (Å²) >= 11 is 0. The number of ether oxygens (including phenoxy) is 2. The molecule has 0 atom stereocenters. The van der Waals surface area contributed by atoms with Crippen LogP contribution in [0.4, 0.5) is 5.69 Å². The lowest BCUT2D eigenvalue weighted by molar-refractivity contribution is -0.129. The number of rotatable bonds is 7. The Bertz CT molecular complexity index is 1200. The van der Waals surface area contributed by atoms with Gasteiger partial charge in [-0.3, -0.25) is 14.5 Å². The maximum absolute atomic E-state index is 13.6. The highest BCUT2D eigenvalue weighted by molar-refractivity contribution is 7.91. The first-order valence-electron chi connectivity index (χ1n) is 13.6. The molecule has 0 bridgehead atoms. The second-order valence-corrected chi connectivity index (χ2v) is 12.2. The van der Waals surface area contributed by atoms with Gasteiger partial charge in [0.25, 0.3) is 5.91 Å². The monoisotopic (exact) mass is 557 g/mol. The van der Waals surface area contributed by atoms with Crippen LogP contribution in [0.5, 0.6) is 0 Å². The van der Waals surface area contributed by atoms with Gasteiger partial charge in [-0.2, -0.15) is 0 Å². The smallest absolute Gasteiger partial charge is 0.252 e. The zero-order valence-corrected chi connectivity index (χ0v) is 23.5. The summed E-state index contributed by atoms with van der Waals surface area (Å²) in [6.45, 7) is 3.89. The molecule has 0 saturated carbocycles. The molecule has 0 spiro atoms. The lowest BCUT2D eigenvalue weighted by Gasteiger charge is -2.35. The van der Waals surface area contributed by atoms with Crippen molar-refractivity contribution in [3.8, 4) is 0 Å². The predicted molar refractivity (Wildman–Crippen MR) is 150 cm³/mol. The third kappa shape index (κ3) is 8.35. The second-order valence-electron chi connectivity index (χ2n) is 10.2. The molecule has 10 heteroatoms. The Labute approximate surface area is 231 Å². The number of anilines is 1. The minimum Gasteiger partial charge on any atom is -0.381 e. The molecule has 1 saturated heterocycles. The fraction of sp³-hybridized carbons (Fsp3) is 0.517. The van der Waals surface area contributed by atoms with E-state index >= 15 is 0 Å². The number of hydrogen-bond acceptors (Lipinski definition) is 7. The first-order chi connectivity index (χ1) is 18.9. The number of amides is 2. The summed E-state index contributed by atoms with van der Waals surface area (Å²) < 4.78 is 36.8. The standard InChI is InChI=1S/C29H39N3O6S/c1-37-21-28(33)32-15-7-14-30(26-12-18-38-19-13-26)16-17-31(20-25-10-5-6-11-27(25)32)29(34)23-39(35,36)22-24-8-3-2-4-9-24/h2-6,8-11,26H,7,12-23H2,1H3. The third-order valence-electron chi connectivity index (χ3n) is 7.33. The van der Waals surface area contributed by atoms with Crippen molar-refractivity contribution in [2.75, 3.05) is 63.8 Å². The number of methoxy groups -OCH3 is 1. The first kappa shape index (κ1) is 29.2. The Kier molecular flexibility index (Phi) is 10.5. The van der Waals surface area contributed by atoms with Crippen LogP contribution >= 0.6 is 0 Å². The molecule has 0 unspecified atom stereocenters. The van der Waals surface area contributed by atoms with Gasteiger partial charge in [-0.25, -0.2) is 8.42 Å². The molecule has 9 nitrogen and oxygen atoms in total. The maximum Gasteiger partial charge on any atom is 0.252 e. The highest BCUT2D eigenvalue weighted by Gasteiger charge is 2.28. The number of fused-ring (bicyclic) bond motifs is 1. The number of benzene rings is 2. The van der Waals surface area contributed by atoms with Gasteiger partial charge in [0.2, 0.25) is 5.91 Å². The quantitative estimate of drug-likeness (QED) is 0.516. The molecule has 2 aliphatic heterocycles. The van der Waals surface area contributed by atoms with E-state index in [1.165, 1.54) is 7.11 Å². The van der Waals surface area contributed by atoms with Crippen molar-refractivity contribution in [1.29, 1.82) is 0 Å². The molecule has 0 aromatic heterocycles. The van der Waals surface area contributed by atoms with Crippen molar-refractivity contribution < 1.29 is 27.5 Å². The van der Waals surface area contributed by atoms with E-state index in [1.807, 2.05) is 30.3 Å². The van der Waals surface area contributed by atoms with Crippen LogP contribution in [0.2, 0.25) is 0 Å². The van der Waals surface area contributed by atoms with Crippen LogP contribution in [0, 0.1) is 0 Å². The lowest BCUT2D eigenvalue weighted by Crippen LogP contribution is -2.46. The van der Waals surface area contributed by atoms with E-state index in [9.17, 15) is 18.0 Å². The first-order valence-corrected chi connectivity index (χ1v) is 15.4. The molecule has 4 rings (SSSR count). The van der Waals surface area contributed by atoms with Crippen LogP contribution in [0.1, 0.15) is 30.4 Å². The fourth-order valence-corrected chi connectivity index (χ4v) is 6.71. The minimum absolute atomic E-state index is 0.0433. The van der Waals surface area contributed by atoms with Gasteiger partial charge < -0.3 is 19.3 Å². The van der Waals surface area contributed by atoms with E-state index in [4.69, 9.17) is 9.47 Å². The average Bonchev–Trinajstić information content (AvgIpc) is 2.96. The van der Waals surface area contributed by atoms with Crippen molar-refractivity contribution in [2.24, 2.45) is 0 Å². The van der Waals surface area contributed by atoms with Crippen LogP contribution in [-0.2, 0) is 41.2 Å². The van der Waals surface area contributed by atoms with E-state index in [0.717, 1.165) is 37.1 Å². The normalized spacial score (nSPS) is 18.3. The number of carbonyl (C=O) groups is 2. The van der Waals surface area contributed by atoms with Gasteiger partial charge in [-0.1, -0.05) is 48.5 Å². The number of nitrogens with zero attached hydrogens (tertiary/aromatic N) is 3. The minimum atomic E-state index is -3.67. The SMILES string of the molecule is COCC(=O)N1CCCN(C2CCOCC2)CCN(C(=O)CS(=O)(=O)Cc2ccccc2)Cc2ccccc21. The van der Waals surface area contributed by atoms with E-state index < -0.39 is 21.5 Å². The van der Waals surface area contributed by atoms with Crippen molar-refractivity contribution in [3.63, 3.8) is 0 Å². The topological polar surface area (TPSA) is 96.5 Å². The Hall–Kier alpha value is -2.79. The van der Waals surface area contributed by atoms with E-state index in [0.29, 0.717) is 44.5 Å². The summed E-state index contributed by atoms with van der Waals surface area (Å²) in [5, 5.41) is 0. The van der Waals surface area contributed by atoms with Crippen molar-refractivity contribution in [2.45, 2.75) is 37.6 Å². The van der Waals surface area contributed by atoms with Gasteiger partial charge in [0, 0.05) is 64.8 Å². The summed E-state index contributed by atoms with van der Waals surface area (Å²) in [5.41, 5.74) is 2.19. The van der Waals surface area contributed by atoms with Gasteiger partial charge in [0.15, 0.2) is 9.84 Å². The predicted octanol–water partition coefficient (Wildman–Crippen LogP) is 2.49. The van der Waals surface area contributed by atoms with Crippen LogP contribution in [0.3, 0.4) is 0 Å². The van der Waals surface area contributed by atoms with Gasteiger partial charge >= 0.3 is 0 Å². The zero-order valence-electron chi connectivity index (χ0n) is 22.7. The maximum atomic E-state index is 13.6. The Morgan fingerprint density at radius 2 is 1.64 bits per heavy atom. The average molecular weight is 558 g/mol. The largest absolute Gasteiger partial charge is 0.381 e. The van der Waals surface area contributed by atoms with Gasteiger partial charge in [0.05, 0.1) is 5.75 Å².